The minimum absolute atomic E-state index is 0.131. The Morgan fingerprint density at radius 1 is 1.35 bits per heavy atom. The van der Waals surface area contributed by atoms with Crippen LogP contribution in [0.15, 0.2) is 10.2 Å². The largest absolute Gasteiger partial charge is 0.413 e. The van der Waals surface area contributed by atoms with Crippen molar-refractivity contribution in [2.24, 2.45) is 5.92 Å². The van der Waals surface area contributed by atoms with Crippen LogP contribution in [0.5, 0.6) is 0 Å². The van der Waals surface area contributed by atoms with Crippen molar-refractivity contribution in [3.8, 4) is 0 Å². The van der Waals surface area contributed by atoms with Gasteiger partial charge in [0.05, 0.1) is 6.10 Å². The Morgan fingerprint density at radius 2 is 1.88 bits per heavy atom. The normalized spacial score (nSPS) is 17.4. The summed E-state index contributed by atoms with van der Waals surface area (Å²) in [4.78, 5) is 0. The van der Waals surface area contributed by atoms with Crippen LogP contribution in [0.3, 0.4) is 0 Å². The molecule has 0 spiro atoms. The van der Waals surface area contributed by atoms with E-state index in [4.69, 9.17) is 9.53 Å². The lowest BCUT2D eigenvalue weighted by molar-refractivity contribution is 0.111. The van der Waals surface area contributed by atoms with Gasteiger partial charge in [-0.3, -0.25) is 0 Å². The number of rotatable bonds is 6. The van der Waals surface area contributed by atoms with Gasteiger partial charge in [0.1, 0.15) is 0 Å². The first-order chi connectivity index (χ1) is 7.65. The van der Waals surface area contributed by atoms with Gasteiger partial charge in [-0.1, -0.05) is 56.4 Å². The van der Waals surface area contributed by atoms with Gasteiger partial charge in [-0.25, -0.2) is 0 Å². The monoisotopic (exact) mass is 370 g/mol. The quantitative estimate of drug-likeness (QED) is 0.557. The molecule has 0 radical (unpaired) electrons. The molecule has 0 aliphatic heterocycles. The summed E-state index contributed by atoms with van der Waals surface area (Å²) in [6.07, 6.45) is 3.00. The highest BCUT2D eigenvalue weighted by molar-refractivity contribution is 14.1. The first-order valence-electron chi connectivity index (χ1n) is 6.21. The van der Waals surface area contributed by atoms with Crippen molar-refractivity contribution in [2.45, 2.75) is 58.4 Å². The van der Waals surface area contributed by atoms with Crippen LogP contribution < -0.4 is 0 Å². The van der Waals surface area contributed by atoms with Crippen LogP contribution in [-0.2, 0) is 4.43 Å². The second-order valence-electron chi connectivity index (χ2n) is 6.11. The van der Waals surface area contributed by atoms with E-state index in [0.717, 1.165) is 0 Å². The van der Waals surface area contributed by atoms with Gasteiger partial charge < -0.3 is 9.53 Å². The van der Waals surface area contributed by atoms with E-state index >= 15 is 0 Å². The number of aliphatic hydroxyl groups excluding tert-OH is 1. The molecule has 0 bridgehead atoms. The predicted molar refractivity (Wildman–Crippen MR) is 86.1 cm³/mol. The van der Waals surface area contributed by atoms with Crippen LogP contribution >= 0.6 is 22.6 Å². The molecule has 0 fully saturated rings. The van der Waals surface area contributed by atoms with Gasteiger partial charge in [-0.05, 0) is 34.6 Å². The lowest BCUT2D eigenvalue weighted by atomic mass is 10.0. The van der Waals surface area contributed by atoms with Gasteiger partial charge in [-0.15, -0.1) is 0 Å². The molecule has 0 aliphatic rings. The van der Waals surface area contributed by atoms with Crippen molar-refractivity contribution in [1.29, 1.82) is 0 Å². The zero-order valence-corrected chi connectivity index (χ0v) is 15.1. The van der Waals surface area contributed by atoms with Crippen LogP contribution in [-0.4, -0.2) is 26.1 Å². The number of aliphatic hydroxyl groups is 1. The van der Waals surface area contributed by atoms with Crippen LogP contribution in [0, 0.1) is 5.92 Å². The van der Waals surface area contributed by atoms with Gasteiger partial charge >= 0.3 is 0 Å². The molecule has 0 saturated carbocycles. The summed E-state index contributed by atoms with van der Waals surface area (Å²) in [5.41, 5.74) is 0. The molecule has 102 valence electrons. The smallest absolute Gasteiger partial charge is 0.192 e. The molecule has 2 nitrogen and oxygen atoms in total. The standard InChI is InChI=1S/C13H27IO2Si/c1-11(7-9-14)12(8-10-15)16-17(5,6)13(2,3)4/h7,9,11-12,15H,8,10H2,1-6H3/b9-7-/t11-,12-/m0/s1. The van der Waals surface area contributed by atoms with Gasteiger partial charge in [0.2, 0.25) is 0 Å². The van der Waals surface area contributed by atoms with Crippen molar-refractivity contribution in [3.63, 3.8) is 0 Å². The number of hydrogen-bond acceptors (Lipinski definition) is 2. The van der Waals surface area contributed by atoms with E-state index in [9.17, 15) is 0 Å². The van der Waals surface area contributed by atoms with E-state index in [0.29, 0.717) is 12.3 Å². The molecule has 4 heteroatoms. The molecule has 0 amide bonds. The molecule has 0 aliphatic carbocycles. The van der Waals surface area contributed by atoms with Gasteiger partial charge in [0.25, 0.3) is 0 Å². The third-order valence-corrected chi connectivity index (χ3v) is 8.55. The highest BCUT2D eigenvalue weighted by Gasteiger charge is 2.39. The molecule has 0 aromatic carbocycles. The van der Waals surface area contributed by atoms with Gasteiger partial charge in [-0.2, -0.15) is 0 Å². The number of hydrogen-bond donors (Lipinski definition) is 1. The lowest BCUT2D eigenvalue weighted by Crippen LogP contribution is -2.45. The molecule has 0 aromatic heterocycles. The Bertz CT molecular complexity index is 246. The Kier molecular flexibility index (Phi) is 7.52. The summed E-state index contributed by atoms with van der Waals surface area (Å²) in [7, 11) is -1.74. The van der Waals surface area contributed by atoms with Crippen LogP contribution in [0.25, 0.3) is 0 Å². The molecule has 0 rings (SSSR count). The molecule has 0 heterocycles. The first-order valence-corrected chi connectivity index (χ1v) is 10.4. The van der Waals surface area contributed by atoms with Crippen molar-refractivity contribution in [1.82, 2.24) is 0 Å². The summed E-state index contributed by atoms with van der Waals surface area (Å²) in [5.74, 6) is 0.355. The summed E-state index contributed by atoms with van der Waals surface area (Å²) in [5, 5.41) is 9.38. The molecular formula is C13H27IO2Si. The van der Waals surface area contributed by atoms with Crippen LogP contribution in [0.1, 0.15) is 34.1 Å². The summed E-state index contributed by atoms with van der Waals surface area (Å²) < 4.78 is 8.41. The Hall–Kier alpha value is 0.607. The van der Waals surface area contributed by atoms with Gasteiger partial charge in [0, 0.05) is 6.61 Å². The van der Waals surface area contributed by atoms with E-state index in [1.807, 2.05) is 4.08 Å². The molecule has 0 unspecified atom stereocenters. The van der Waals surface area contributed by atoms with Crippen molar-refractivity contribution < 1.29 is 9.53 Å². The SMILES string of the molecule is C[C@@H](/C=C\I)[C@H](CCO)O[Si](C)(C)C(C)(C)C. The number of halogens is 1. The molecular weight excluding hydrogens is 343 g/mol. The summed E-state index contributed by atoms with van der Waals surface area (Å²) in [6.45, 7) is 13.6. The Balaban J connectivity index is 4.75. The maximum Gasteiger partial charge on any atom is 0.192 e. The Morgan fingerprint density at radius 3 is 2.24 bits per heavy atom. The van der Waals surface area contributed by atoms with E-state index in [-0.39, 0.29) is 17.7 Å². The minimum Gasteiger partial charge on any atom is -0.413 e. The summed E-state index contributed by atoms with van der Waals surface area (Å²) >= 11 is 2.23. The second-order valence-corrected chi connectivity index (χ2v) is 11.6. The lowest BCUT2D eigenvalue weighted by Gasteiger charge is -2.40. The van der Waals surface area contributed by atoms with Gasteiger partial charge in [0.15, 0.2) is 8.32 Å². The average molecular weight is 370 g/mol. The second kappa shape index (κ2) is 7.26. The Labute approximate surface area is 121 Å². The van der Waals surface area contributed by atoms with E-state index in [1.54, 1.807) is 0 Å². The third-order valence-electron chi connectivity index (χ3n) is 3.63. The van der Waals surface area contributed by atoms with Crippen molar-refractivity contribution >= 4 is 30.9 Å². The topological polar surface area (TPSA) is 29.5 Å². The minimum atomic E-state index is -1.74. The maximum atomic E-state index is 9.16. The first kappa shape index (κ1) is 17.6. The fraction of sp³-hybridized carbons (Fsp3) is 0.846. The third kappa shape index (κ3) is 5.85. The van der Waals surface area contributed by atoms with E-state index in [1.165, 1.54) is 0 Å². The zero-order valence-electron chi connectivity index (χ0n) is 12.0. The molecule has 2 atom stereocenters. The fourth-order valence-electron chi connectivity index (χ4n) is 1.35. The van der Waals surface area contributed by atoms with E-state index in [2.05, 4.69) is 69.5 Å². The molecule has 1 N–H and O–H groups in total. The van der Waals surface area contributed by atoms with Crippen molar-refractivity contribution in [3.05, 3.63) is 10.2 Å². The molecule has 0 aromatic rings. The fourth-order valence-corrected chi connectivity index (χ4v) is 3.45. The molecule has 0 saturated heterocycles. The zero-order chi connectivity index (χ0) is 13.7. The van der Waals surface area contributed by atoms with Crippen LogP contribution in [0.2, 0.25) is 18.1 Å². The van der Waals surface area contributed by atoms with Crippen LogP contribution in [0.4, 0.5) is 0 Å². The average Bonchev–Trinajstić information content (AvgIpc) is 2.15. The van der Waals surface area contributed by atoms with E-state index < -0.39 is 8.32 Å². The predicted octanol–water partition coefficient (Wildman–Crippen LogP) is 4.34. The molecule has 17 heavy (non-hydrogen) atoms. The van der Waals surface area contributed by atoms with Crippen molar-refractivity contribution in [2.75, 3.05) is 6.61 Å². The highest BCUT2D eigenvalue weighted by Crippen LogP contribution is 2.38. The maximum absolute atomic E-state index is 9.16. The summed E-state index contributed by atoms with van der Waals surface area (Å²) in [6, 6.07) is 0. The highest BCUT2D eigenvalue weighted by atomic mass is 127.